The maximum Gasteiger partial charge on any atom is 0.252 e. The molecule has 0 saturated carbocycles. The lowest BCUT2D eigenvalue weighted by atomic mass is 10.2. The van der Waals surface area contributed by atoms with Gasteiger partial charge in [-0.15, -0.1) is 0 Å². The van der Waals surface area contributed by atoms with Crippen molar-refractivity contribution in [2.45, 2.75) is 6.42 Å². The predicted octanol–water partition coefficient (Wildman–Crippen LogP) is 2.21. The molecular weight excluding hydrogens is 397 g/mol. The summed E-state index contributed by atoms with van der Waals surface area (Å²) in [5.74, 6) is -0.306. The number of carbonyl (C=O) groups is 2. The molecule has 0 spiro atoms. The molecule has 0 radical (unpaired) electrons. The second-order valence-corrected chi connectivity index (χ2v) is 6.92. The predicted molar refractivity (Wildman–Crippen MR) is 106 cm³/mol. The zero-order valence-corrected chi connectivity index (χ0v) is 16.3. The van der Waals surface area contributed by atoms with Crippen LogP contribution in [-0.4, -0.2) is 54.4 Å². The highest BCUT2D eigenvalue weighted by Gasteiger charge is 2.22. The number of carbonyl (C=O) groups excluding carboxylic acids is 2. The fourth-order valence-corrected chi connectivity index (χ4v) is 3.31. The van der Waals surface area contributed by atoms with Crippen LogP contribution in [-0.2, 0) is 4.79 Å². The lowest BCUT2D eigenvalue weighted by molar-refractivity contribution is -0.131. The number of nitriles is 1. The van der Waals surface area contributed by atoms with E-state index in [2.05, 4.69) is 16.4 Å². The summed E-state index contributed by atoms with van der Waals surface area (Å²) in [4.78, 5) is 32.5. The van der Waals surface area contributed by atoms with Gasteiger partial charge in [0.2, 0.25) is 5.91 Å². The van der Waals surface area contributed by atoms with Crippen molar-refractivity contribution in [1.29, 1.82) is 5.26 Å². The van der Waals surface area contributed by atoms with Crippen molar-refractivity contribution >= 4 is 29.2 Å². The van der Waals surface area contributed by atoms with Crippen LogP contribution < -0.4 is 10.2 Å². The summed E-state index contributed by atoms with van der Waals surface area (Å²) in [6, 6.07) is 9.01. The molecule has 0 bridgehead atoms. The summed E-state index contributed by atoms with van der Waals surface area (Å²) in [6.07, 6.45) is 1.76. The number of rotatable bonds is 5. The lowest BCUT2D eigenvalue weighted by Gasteiger charge is -2.35. The third kappa shape index (κ3) is 5.21. The molecule has 0 aliphatic carbocycles. The Hall–Kier alpha value is -3.18. The molecule has 1 N–H and O–H groups in total. The van der Waals surface area contributed by atoms with E-state index >= 15 is 0 Å². The molecule has 1 aliphatic heterocycles. The van der Waals surface area contributed by atoms with Crippen LogP contribution in [0.25, 0.3) is 0 Å². The Morgan fingerprint density at radius 2 is 1.97 bits per heavy atom. The van der Waals surface area contributed by atoms with Crippen molar-refractivity contribution in [3.63, 3.8) is 0 Å². The topological polar surface area (TPSA) is 89.3 Å². The standard InChI is InChI=1S/C20H19ClFN5O2/c21-17-12-15(22)1-2-16(17)20(29)25-6-4-19(28)27-9-7-26(8-10-27)18-11-14(13-23)3-5-24-18/h1-3,5,11-12H,4,6-10H2,(H,25,29). The van der Waals surface area contributed by atoms with E-state index in [0.717, 1.165) is 18.0 Å². The van der Waals surface area contributed by atoms with Crippen LogP contribution >= 0.6 is 11.6 Å². The molecule has 9 heteroatoms. The number of halogens is 2. The van der Waals surface area contributed by atoms with Gasteiger partial charge in [0.15, 0.2) is 0 Å². The van der Waals surface area contributed by atoms with Gasteiger partial charge in [-0.2, -0.15) is 5.26 Å². The summed E-state index contributed by atoms with van der Waals surface area (Å²) in [5, 5.41) is 11.7. The van der Waals surface area contributed by atoms with E-state index < -0.39 is 11.7 Å². The molecule has 29 heavy (non-hydrogen) atoms. The Morgan fingerprint density at radius 3 is 2.66 bits per heavy atom. The number of pyridine rings is 1. The van der Waals surface area contributed by atoms with Gasteiger partial charge in [0.05, 0.1) is 22.2 Å². The first-order valence-corrected chi connectivity index (χ1v) is 9.48. The first-order valence-electron chi connectivity index (χ1n) is 9.10. The quantitative estimate of drug-likeness (QED) is 0.808. The van der Waals surface area contributed by atoms with Gasteiger partial charge in [-0.05, 0) is 30.3 Å². The smallest absolute Gasteiger partial charge is 0.252 e. The highest BCUT2D eigenvalue weighted by atomic mass is 35.5. The SMILES string of the molecule is N#Cc1ccnc(N2CCN(C(=O)CCNC(=O)c3ccc(F)cc3Cl)CC2)c1. The number of aromatic nitrogens is 1. The minimum Gasteiger partial charge on any atom is -0.353 e. The van der Waals surface area contributed by atoms with E-state index in [1.165, 1.54) is 6.07 Å². The molecule has 2 amide bonds. The summed E-state index contributed by atoms with van der Waals surface area (Å²) in [7, 11) is 0. The van der Waals surface area contributed by atoms with E-state index in [9.17, 15) is 14.0 Å². The molecular formula is C20H19ClFN5O2. The normalized spacial score (nSPS) is 13.7. The Labute approximate surface area is 172 Å². The fraction of sp³-hybridized carbons (Fsp3) is 0.300. The second kappa shape index (κ2) is 9.34. The van der Waals surface area contributed by atoms with Gasteiger partial charge in [0, 0.05) is 45.3 Å². The number of hydrogen-bond acceptors (Lipinski definition) is 5. The van der Waals surface area contributed by atoms with Gasteiger partial charge in [-0.1, -0.05) is 11.6 Å². The van der Waals surface area contributed by atoms with Gasteiger partial charge in [0.1, 0.15) is 11.6 Å². The van der Waals surface area contributed by atoms with Crippen LogP contribution in [0.4, 0.5) is 10.2 Å². The Balaban J connectivity index is 1.45. The number of nitrogens with zero attached hydrogens (tertiary/aromatic N) is 4. The van der Waals surface area contributed by atoms with Crippen molar-refractivity contribution in [2.75, 3.05) is 37.6 Å². The maximum absolute atomic E-state index is 13.1. The minimum absolute atomic E-state index is 0.0269. The van der Waals surface area contributed by atoms with Crippen LogP contribution in [0.1, 0.15) is 22.3 Å². The van der Waals surface area contributed by atoms with Gasteiger partial charge in [-0.25, -0.2) is 9.37 Å². The Bertz CT molecular complexity index is 954. The number of anilines is 1. The van der Waals surface area contributed by atoms with E-state index in [0.29, 0.717) is 31.7 Å². The molecule has 1 fully saturated rings. The molecule has 7 nitrogen and oxygen atoms in total. The molecule has 2 heterocycles. The first-order chi connectivity index (χ1) is 14.0. The molecule has 2 aromatic rings. The van der Waals surface area contributed by atoms with Crippen LogP contribution in [0.2, 0.25) is 5.02 Å². The average Bonchev–Trinajstić information content (AvgIpc) is 2.73. The molecule has 1 aromatic heterocycles. The van der Waals surface area contributed by atoms with Crippen molar-refractivity contribution in [2.24, 2.45) is 0 Å². The number of benzene rings is 1. The van der Waals surface area contributed by atoms with E-state index in [-0.39, 0.29) is 29.5 Å². The van der Waals surface area contributed by atoms with Gasteiger partial charge >= 0.3 is 0 Å². The molecule has 1 aliphatic rings. The van der Waals surface area contributed by atoms with Crippen LogP contribution in [0.5, 0.6) is 0 Å². The molecule has 150 valence electrons. The summed E-state index contributed by atoms with van der Waals surface area (Å²) in [6.45, 7) is 2.47. The molecule has 1 saturated heterocycles. The first kappa shape index (κ1) is 20.6. The van der Waals surface area contributed by atoms with Gasteiger partial charge < -0.3 is 15.1 Å². The Kier molecular flexibility index (Phi) is 6.62. The van der Waals surface area contributed by atoms with E-state index in [1.54, 1.807) is 23.2 Å². The van der Waals surface area contributed by atoms with Crippen molar-refractivity contribution in [3.8, 4) is 6.07 Å². The summed E-state index contributed by atoms with van der Waals surface area (Å²) < 4.78 is 13.1. The lowest BCUT2D eigenvalue weighted by Crippen LogP contribution is -2.49. The van der Waals surface area contributed by atoms with Crippen molar-refractivity contribution < 1.29 is 14.0 Å². The highest BCUT2D eigenvalue weighted by Crippen LogP contribution is 2.17. The van der Waals surface area contributed by atoms with E-state index in [4.69, 9.17) is 16.9 Å². The largest absolute Gasteiger partial charge is 0.353 e. The van der Waals surface area contributed by atoms with E-state index in [1.807, 2.05) is 4.90 Å². The van der Waals surface area contributed by atoms with Crippen LogP contribution in [0, 0.1) is 17.1 Å². The second-order valence-electron chi connectivity index (χ2n) is 6.51. The van der Waals surface area contributed by atoms with Gasteiger partial charge in [-0.3, -0.25) is 9.59 Å². The maximum atomic E-state index is 13.1. The van der Waals surface area contributed by atoms with Crippen molar-refractivity contribution in [1.82, 2.24) is 15.2 Å². The van der Waals surface area contributed by atoms with Crippen LogP contribution in [0.3, 0.4) is 0 Å². The molecule has 0 unspecified atom stereocenters. The van der Waals surface area contributed by atoms with Crippen LogP contribution in [0.15, 0.2) is 36.5 Å². The zero-order valence-electron chi connectivity index (χ0n) is 15.6. The molecule has 1 aromatic carbocycles. The average molecular weight is 416 g/mol. The third-order valence-corrected chi connectivity index (χ3v) is 4.94. The van der Waals surface area contributed by atoms with Crippen molar-refractivity contribution in [3.05, 3.63) is 58.5 Å². The number of hydrogen-bond donors (Lipinski definition) is 1. The Morgan fingerprint density at radius 1 is 1.21 bits per heavy atom. The van der Waals surface area contributed by atoms with Gasteiger partial charge in [0.25, 0.3) is 5.91 Å². The number of nitrogens with one attached hydrogen (secondary N) is 1. The fourth-order valence-electron chi connectivity index (χ4n) is 3.06. The highest BCUT2D eigenvalue weighted by molar-refractivity contribution is 6.33. The zero-order chi connectivity index (χ0) is 20.8. The monoisotopic (exact) mass is 415 g/mol. The molecule has 0 atom stereocenters. The molecule has 3 rings (SSSR count). The third-order valence-electron chi connectivity index (χ3n) is 4.63. The minimum atomic E-state index is -0.518. The summed E-state index contributed by atoms with van der Waals surface area (Å²) >= 11 is 5.87. The summed E-state index contributed by atoms with van der Waals surface area (Å²) in [5.41, 5.74) is 0.715. The number of piperazine rings is 1. The number of amides is 2.